The van der Waals surface area contributed by atoms with Crippen molar-refractivity contribution in [2.24, 2.45) is 0 Å². The first-order valence-corrected chi connectivity index (χ1v) is 12.5. The van der Waals surface area contributed by atoms with Crippen molar-refractivity contribution in [2.75, 3.05) is 0 Å². The number of carbonyl (C=O) groups excluding carboxylic acids is 1. The van der Waals surface area contributed by atoms with Crippen molar-refractivity contribution in [3.63, 3.8) is 0 Å². The molecule has 0 fully saturated rings. The lowest BCUT2D eigenvalue weighted by atomic mass is 10.1. The summed E-state index contributed by atoms with van der Waals surface area (Å²) in [6.45, 7) is 10.6. The van der Waals surface area contributed by atoms with E-state index in [0.29, 0.717) is 5.56 Å². The minimum absolute atomic E-state index is 0.0562. The molecule has 2 aromatic carbocycles. The third kappa shape index (κ3) is 5.30. The maximum absolute atomic E-state index is 13.0. The largest absolute Gasteiger partial charge is 0.403 e. The first kappa shape index (κ1) is 20.9. The summed E-state index contributed by atoms with van der Waals surface area (Å²) in [5.41, 5.74) is 0.693. The zero-order valence-corrected chi connectivity index (χ0v) is 17.9. The van der Waals surface area contributed by atoms with Crippen LogP contribution in [0.2, 0.25) is 18.1 Å². The predicted octanol–water partition coefficient (Wildman–Crippen LogP) is 5.43. The topological polar surface area (TPSA) is 46.5 Å². The van der Waals surface area contributed by atoms with Crippen LogP contribution in [0.3, 0.4) is 0 Å². The Hall–Kier alpha value is -1.40. The van der Waals surface area contributed by atoms with Gasteiger partial charge in [0.1, 0.15) is 12.2 Å². The van der Waals surface area contributed by atoms with Crippen LogP contribution in [-0.4, -0.2) is 24.6 Å². The highest BCUT2D eigenvalue weighted by Crippen LogP contribution is 2.40. The summed E-state index contributed by atoms with van der Waals surface area (Å²) in [6.07, 6.45) is -1.89. The van der Waals surface area contributed by atoms with E-state index in [-0.39, 0.29) is 10.2 Å². The maximum atomic E-state index is 13.0. The van der Waals surface area contributed by atoms with E-state index in [1.54, 1.807) is 0 Å². The van der Waals surface area contributed by atoms with E-state index in [0.717, 1.165) is 16.7 Å². The fourth-order valence-electron chi connectivity index (χ4n) is 2.22. The summed E-state index contributed by atoms with van der Waals surface area (Å²) in [7, 11) is -2.24. The van der Waals surface area contributed by atoms with E-state index >= 15 is 0 Å². The molecule has 0 saturated carbocycles. The molecule has 2 rings (SSSR count). The number of rotatable bonds is 6. The molecular weight excluding hydrogens is 360 g/mol. The molecule has 2 aromatic rings. The second kappa shape index (κ2) is 8.52. The van der Waals surface area contributed by atoms with Gasteiger partial charge in [0.15, 0.2) is 8.32 Å². The Kier molecular flexibility index (Phi) is 6.85. The van der Waals surface area contributed by atoms with E-state index in [2.05, 4.69) is 33.9 Å². The number of hydrogen-bond acceptors (Lipinski definition) is 4. The summed E-state index contributed by atoms with van der Waals surface area (Å²) < 4.78 is 6.37. The van der Waals surface area contributed by atoms with Gasteiger partial charge in [0.05, 0.1) is 0 Å². The Labute approximate surface area is 161 Å². The van der Waals surface area contributed by atoms with Gasteiger partial charge >= 0.3 is 0 Å². The molecule has 0 bridgehead atoms. The van der Waals surface area contributed by atoms with E-state index in [9.17, 15) is 9.90 Å². The van der Waals surface area contributed by atoms with Crippen molar-refractivity contribution in [2.45, 2.75) is 56.0 Å². The lowest BCUT2D eigenvalue weighted by Crippen LogP contribution is -2.47. The molecule has 1 N–H and O–H groups in total. The van der Waals surface area contributed by atoms with Gasteiger partial charge in [-0.2, -0.15) is 0 Å². The van der Waals surface area contributed by atoms with Gasteiger partial charge in [0.25, 0.3) is 0 Å². The van der Waals surface area contributed by atoms with Gasteiger partial charge in [-0.05, 0) is 47.6 Å². The molecule has 2 atom stereocenters. The first-order valence-electron chi connectivity index (χ1n) is 8.79. The molecule has 0 heterocycles. The number of aliphatic hydroxyl groups excluding tert-OH is 1. The molecule has 0 aliphatic carbocycles. The highest BCUT2D eigenvalue weighted by molar-refractivity contribution is 8.13. The minimum atomic E-state index is -2.24. The van der Waals surface area contributed by atoms with Crippen LogP contribution in [0.4, 0.5) is 0 Å². The van der Waals surface area contributed by atoms with Gasteiger partial charge in [0, 0.05) is 4.90 Å². The highest BCUT2D eigenvalue weighted by atomic mass is 32.2. The molecule has 140 valence electrons. The zero-order valence-electron chi connectivity index (χ0n) is 16.1. The quantitative estimate of drug-likeness (QED) is 0.529. The Morgan fingerprint density at radius 3 is 2.00 bits per heavy atom. The number of carbonyl (C=O) groups is 1. The van der Waals surface area contributed by atoms with E-state index in [1.807, 2.05) is 60.7 Å². The number of thioether (sulfide) groups is 1. The van der Waals surface area contributed by atoms with Crippen molar-refractivity contribution in [3.8, 4) is 0 Å². The smallest absolute Gasteiger partial charge is 0.224 e. The first-order chi connectivity index (χ1) is 12.1. The van der Waals surface area contributed by atoms with Gasteiger partial charge in [-0.15, -0.1) is 0 Å². The number of aliphatic hydroxyl groups is 1. The molecule has 0 aliphatic heterocycles. The molecule has 3 nitrogen and oxygen atoms in total. The van der Waals surface area contributed by atoms with Crippen molar-refractivity contribution in [1.82, 2.24) is 0 Å². The third-order valence-electron chi connectivity index (χ3n) is 4.85. The number of benzene rings is 2. The Bertz CT molecular complexity index is 711. The molecule has 0 radical (unpaired) electrons. The second-order valence-electron chi connectivity index (χ2n) is 7.89. The summed E-state index contributed by atoms with van der Waals surface area (Å²) in [6, 6.07) is 18.7. The predicted molar refractivity (Wildman–Crippen MR) is 111 cm³/mol. The zero-order chi connectivity index (χ0) is 19.4. The second-order valence-corrected chi connectivity index (χ2v) is 13.7. The van der Waals surface area contributed by atoms with E-state index in [1.165, 1.54) is 0 Å². The van der Waals surface area contributed by atoms with Crippen LogP contribution < -0.4 is 0 Å². The van der Waals surface area contributed by atoms with Crippen LogP contribution in [0.15, 0.2) is 65.6 Å². The molecule has 0 aromatic heterocycles. The lowest BCUT2D eigenvalue weighted by Gasteiger charge is -2.39. The summed E-state index contributed by atoms with van der Waals surface area (Å²) in [5.74, 6) is 0. The molecule has 0 amide bonds. The summed E-state index contributed by atoms with van der Waals surface area (Å²) in [5, 5.41) is 10.7. The average molecular weight is 389 g/mol. The van der Waals surface area contributed by atoms with Crippen molar-refractivity contribution < 1.29 is 14.3 Å². The highest BCUT2D eigenvalue weighted by Gasteiger charge is 2.43. The van der Waals surface area contributed by atoms with Gasteiger partial charge in [-0.25, -0.2) is 0 Å². The molecule has 0 spiro atoms. The van der Waals surface area contributed by atoms with Gasteiger partial charge in [-0.3, -0.25) is 4.79 Å². The van der Waals surface area contributed by atoms with Crippen molar-refractivity contribution in [3.05, 3.63) is 66.2 Å². The van der Waals surface area contributed by atoms with Gasteiger partial charge < -0.3 is 9.53 Å². The van der Waals surface area contributed by atoms with Crippen LogP contribution in [0, 0.1) is 0 Å². The normalized spacial score (nSPS) is 14.7. The van der Waals surface area contributed by atoms with Crippen LogP contribution in [0.5, 0.6) is 0 Å². The monoisotopic (exact) mass is 388 g/mol. The third-order valence-corrected chi connectivity index (χ3v) is 10.2. The standard InChI is InChI=1S/C21H28O3SSi/c1-21(2,3)26(4,5)24-19(18(22)16-12-8-6-9-13-16)20(23)25-17-14-10-7-11-15-17/h6-15,18-19,22H,1-5H3/t18-,19-/m1/s1. The molecular formula is C21H28O3SSi. The molecule has 5 heteroatoms. The van der Waals surface area contributed by atoms with Crippen molar-refractivity contribution >= 4 is 25.2 Å². The average Bonchev–Trinajstić information content (AvgIpc) is 2.59. The minimum Gasteiger partial charge on any atom is -0.403 e. The maximum Gasteiger partial charge on any atom is 0.224 e. The van der Waals surface area contributed by atoms with Gasteiger partial charge in [-0.1, -0.05) is 69.3 Å². The Morgan fingerprint density at radius 2 is 1.50 bits per heavy atom. The molecule has 0 aliphatic rings. The van der Waals surface area contributed by atoms with Crippen LogP contribution >= 0.6 is 11.8 Å². The van der Waals surface area contributed by atoms with Crippen LogP contribution in [-0.2, 0) is 9.22 Å². The summed E-state index contributed by atoms with van der Waals surface area (Å²) in [4.78, 5) is 13.9. The van der Waals surface area contributed by atoms with Crippen molar-refractivity contribution in [1.29, 1.82) is 0 Å². The molecule has 0 saturated heterocycles. The van der Waals surface area contributed by atoms with Crippen LogP contribution in [0.25, 0.3) is 0 Å². The van der Waals surface area contributed by atoms with E-state index < -0.39 is 20.5 Å². The van der Waals surface area contributed by atoms with Gasteiger partial charge in [0.2, 0.25) is 5.12 Å². The van der Waals surface area contributed by atoms with Crippen LogP contribution in [0.1, 0.15) is 32.4 Å². The Morgan fingerprint density at radius 1 is 1.00 bits per heavy atom. The SMILES string of the molecule is CC(C)(C)[Si](C)(C)O[C@@H](C(=O)Sc1ccccc1)[C@H](O)c1ccccc1. The fraction of sp³-hybridized carbons (Fsp3) is 0.381. The lowest BCUT2D eigenvalue weighted by molar-refractivity contribution is -0.122. The Balaban J connectivity index is 2.30. The summed E-state index contributed by atoms with van der Waals surface area (Å²) >= 11 is 1.12. The molecule has 26 heavy (non-hydrogen) atoms. The van der Waals surface area contributed by atoms with E-state index in [4.69, 9.17) is 4.43 Å². The molecule has 0 unspecified atom stereocenters. The number of hydrogen-bond donors (Lipinski definition) is 1. The fourth-order valence-corrected chi connectivity index (χ4v) is 4.35.